The van der Waals surface area contributed by atoms with Crippen LogP contribution in [0.3, 0.4) is 0 Å². The lowest BCUT2D eigenvalue weighted by atomic mass is 9.97. The lowest BCUT2D eigenvalue weighted by Gasteiger charge is -2.33. The molecule has 8 heteroatoms. The molecule has 1 atom stereocenters. The number of hydrogen-bond donors (Lipinski definition) is 1. The third kappa shape index (κ3) is 4.37. The molecule has 2 amide bonds. The molecule has 8 nitrogen and oxygen atoms in total. The zero-order valence-electron chi connectivity index (χ0n) is 15.1. The second-order valence-electron chi connectivity index (χ2n) is 7.01. The van der Waals surface area contributed by atoms with Crippen molar-refractivity contribution < 1.29 is 9.32 Å². The first-order valence-electron chi connectivity index (χ1n) is 8.86. The summed E-state index contributed by atoms with van der Waals surface area (Å²) in [5.41, 5.74) is 0. The lowest BCUT2D eigenvalue weighted by Crippen LogP contribution is -2.46. The predicted octanol–water partition coefficient (Wildman–Crippen LogP) is 2.39. The van der Waals surface area contributed by atoms with Gasteiger partial charge in [0.1, 0.15) is 6.04 Å². The molecular formula is C17H26N6O2. The van der Waals surface area contributed by atoms with Crippen LogP contribution in [0.15, 0.2) is 23.0 Å². The molecular weight excluding hydrogens is 320 g/mol. The molecule has 0 radical (unpaired) electrons. The summed E-state index contributed by atoms with van der Waals surface area (Å²) < 4.78 is 7.21. The molecule has 0 aliphatic carbocycles. The smallest absolute Gasteiger partial charge is 0.318 e. The fourth-order valence-electron chi connectivity index (χ4n) is 3.17. The van der Waals surface area contributed by atoms with Gasteiger partial charge >= 0.3 is 6.03 Å². The molecule has 1 unspecified atom stereocenters. The number of nitrogens with one attached hydrogen (secondary N) is 1. The van der Waals surface area contributed by atoms with Crippen LogP contribution in [0, 0.1) is 18.8 Å². The van der Waals surface area contributed by atoms with Gasteiger partial charge in [-0.25, -0.2) is 4.79 Å². The number of urea groups is 1. The van der Waals surface area contributed by atoms with Gasteiger partial charge in [0.25, 0.3) is 0 Å². The SMILES string of the molecule is Cc1noc(C(NC(=O)N2CCC(Cn3cccn3)CC2)C(C)C)n1. The monoisotopic (exact) mass is 346 g/mol. The number of nitrogens with zero attached hydrogens (tertiary/aromatic N) is 5. The predicted molar refractivity (Wildman–Crippen MR) is 91.7 cm³/mol. The van der Waals surface area contributed by atoms with E-state index in [1.165, 1.54) is 0 Å². The summed E-state index contributed by atoms with van der Waals surface area (Å²) in [5, 5.41) is 11.1. The highest BCUT2D eigenvalue weighted by Gasteiger charge is 2.28. The van der Waals surface area contributed by atoms with Crippen molar-refractivity contribution in [1.29, 1.82) is 0 Å². The molecule has 0 aromatic carbocycles. The van der Waals surface area contributed by atoms with Crippen molar-refractivity contribution >= 4 is 6.03 Å². The third-order valence-corrected chi connectivity index (χ3v) is 4.66. The van der Waals surface area contributed by atoms with Gasteiger partial charge in [-0.2, -0.15) is 10.1 Å². The number of carbonyl (C=O) groups excluding carboxylic acids is 1. The van der Waals surface area contributed by atoms with Gasteiger partial charge in [0.2, 0.25) is 5.89 Å². The Labute approximate surface area is 147 Å². The quantitative estimate of drug-likeness (QED) is 0.898. The number of hydrogen-bond acceptors (Lipinski definition) is 5. The van der Waals surface area contributed by atoms with Crippen molar-refractivity contribution in [2.24, 2.45) is 11.8 Å². The van der Waals surface area contributed by atoms with E-state index in [1.807, 2.05) is 35.7 Å². The number of rotatable bonds is 5. The van der Waals surface area contributed by atoms with Gasteiger partial charge in [-0.05, 0) is 37.7 Å². The Kier molecular flexibility index (Phi) is 5.35. The van der Waals surface area contributed by atoms with E-state index < -0.39 is 0 Å². The Morgan fingerprint density at radius 3 is 2.72 bits per heavy atom. The van der Waals surface area contributed by atoms with Gasteiger partial charge in [0, 0.05) is 32.0 Å². The number of piperidine rings is 1. The maximum Gasteiger partial charge on any atom is 0.318 e. The summed E-state index contributed by atoms with van der Waals surface area (Å²) >= 11 is 0. The van der Waals surface area contributed by atoms with Crippen LogP contribution < -0.4 is 5.32 Å². The van der Waals surface area contributed by atoms with Gasteiger partial charge in [-0.1, -0.05) is 19.0 Å². The minimum Gasteiger partial charge on any atom is -0.337 e. The van der Waals surface area contributed by atoms with Crippen molar-refractivity contribution in [2.45, 2.75) is 46.2 Å². The summed E-state index contributed by atoms with van der Waals surface area (Å²) in [7, 11) is 0. The Balaban J connectivity index is 1.53. The summed E-state index contributed by atoms with van der Waals surface area (Å²) in [6.07, 6.45) is 5.76. The van der Waals surface area contributed by atoms with Gasteiger partial charge < -0.3 is 14.7 Å². The van der Waals surface area contributed by atoms with Gasteiger partial charge in [-0.15, -0.1) is 0 Å². The van der Waals surface area contributed by atoms with Gasteiger partial charge in [-0.3, -0.25) is 4.68 Å². The maximum atomic E-state index is 12.6. The Morgan fingerprint density at radius 1 is 1.40 bits per heavy atom. The minimum absolute atomic E-state index is 0.0629. The van der Waals surface area contributed by atoms with Crippen LogP contribution >= 0.6 is 0 Å². The van der Waals surface area contributed by atoms with Crippen LogP contribution in [-0.2, 0) is 6.54 Å². The molecule has 1 aliphatic heterocycles. The molecule has 3 heterocycles. The van der Waals surface area contributed by atoms with Crippen LogP contribution in [0.25, 0.3) is 0 Å². The highest BCUT2D eigenvalue weighted by atomic mass is 16.5. The fourth-order valence-corrected chi connectivity index (χ4v) is 3.17. The van der Waals surface area contributed by atoms with Gasteiger partial charge in [0.05, 0.1) is 0 Å². The van der Waals surface area contributed by atoms with Crippen molar-refractivity contribution in [3.8, 4) is 0 Å². The van der Waals surface area contributed by atoms with E-state index in [4.69, 9.17) is 4.52 Å². The van der Waals surface area contributed by atoms with Crippen molar-refractivity contribution in [2.75, 3.05) is 13.1 Å². The van der Waals surface area contributed by atoms with E-state index in [9.17, 15) is 4.79 Å². The van der Waals surface area contributed by atoms with E-state index >= 15 is 0 Å². The molecule has 0 bridgehead atoms. The van der Waals surface area contributed by atoms with E-state index in [0.29, 0.717) is 17.6 Å². The van der Waals surface area contributed by atoms with Crippen LogP contribution in [0.4, 0.5) is 4.79 Å². The highest BCUT2D eigenvalue weighted by Crippen LogP contribution is 2.22. The van der Waals surface area contributed by atoms with Crippen molar-refractivity contribution in [3.05, 3.63) is 30.2 Å². The largest absolute Gasteiger partial charge is 0.337 e. The van der Waals surface area contributed by atoms with E-state index in [-0.39, 0.29) is 18.0 Å². The zero-order valence-corrected chi connectivity index (χ0v) is 15.1. The molecule has 3 rings (SSSR count). The molecule has 25 heavy (non-hydrogen) atoms. The number of aryl methyl sites for hydroxylation is 1. The van der Waals surface area contributed by atoms with Crippen LogP contribution in [0.2, 0.25) is 0 Å². The molecule has 136 valence electrons. The van der Waals surface area contributed by atoms with Crippen LogP contribution in [0.1, 0.15) is 44.4 Å². The van der Waals surface area contributed by atoms with Crippen molar-refractivity contribution in [3.63, 3.8) is 0 Å². The molecule has 2 aromatic rings. The number of carbonyl (C=O) groups is 1. The van der Waals surface area contributed by atoms with E-state index in [2.05, 4.69) is 20.6 Å². The molecule has 1 N–H and O–H groups in total. The summed E-state index contributed by atoms with van der Waals surface area (Å²) in [6, 6.07) is 1.61. The average molecular weight is 346 g/mol. The van der Waals surface area contributed by atoms with Crippen LogP contribution in [0.5, 0.6) is 0 Å². The van der Waals surface area contributed by atoms with E-state index in [0.717, 1.165) is 32.5 Å². The molecule has 0 spiro atoms. The second kappa shape index (κ2) is 7.67. The first-order valence-corrected chi connectivity index (χ1v) is 8.86. The second-order valence-corrected chi connectivity index (χ2v) is 7.01. The summed E-state index contributed by atoms with van der Waals surface area (Å²) in [5.74, 6) is 1.77. The van der Waals surface area contributed by atoms with Crippen molar-refractivity contribution in [1.82, 2.24) is 30.1 Å². The highest BCUT2D eigenvalue weighted by molar-refractivity contribution is 5.74. The summed E-state index contributed by atoms with van der Waals surface area (Å²) in [4.78, 5) is 18.8. The topological polar surface area (TPSA) is 89.1 Å². The first-order chi connectivity index (χ1) is 12.0. The van der Waals surface area contributed by atoms with Crippen LogP contribution in [-0.4, -0.2) is 43.9 Å². The Hall–Kier alpha value is -2.38. The Bertz CT molecular complexity index is 673. The maximum absolute atomic E-state index is 12.6. The number of likely N-dealkylation sites (tertiary alicyclic amines) is 1. The molecule has 1 saturated heterocycles. The van der Waals surface area contributed by atoms with Gasteiger partial charge in [0.15, 0.2) is 5.82 Å². The summed E-state index contributed by atoms with van der Waals surface area (Å²) in [6.45, 7) is 8.26. The third-order valence-electron chi connectivity index (χ3n) is 4.66. The number of aromatic nitrogens is 4. The standard InChI is InChI=1S/C17H26N6O2/c1-12(2)15(16-19-13(3)21-25-16)20-17(24)22-9-5-14(6-10-22)11-23-8-4-7-18-23/h4,7-8,12,14-15H,5-6,9-11H2,1-3H3,(H,20,24). The molecule has 1 fully saturated rings. The lowest BCUT2D eigenvalue weighted by molar-refractivity contribution is 0.155. The average Bonchev–Trinajstić information content (AvgIpc) is 3.24. The fraction of sp³-hybridized carbons (Fsp3) is 0.647. The van der Waals surface area contributed by atoms with E-state index in [1.54, 1.807) is 13.1 Å². The molecule has 1 aliphatic rings. The molecule has 2 aromatic heterocycles. The minimum atomic E-state index is -0.268. The zero-order chi connectivity index (χ0) is 17.8. The number of amides is 2. The first kappa shape index (κ1) is 17.4. The Morgan fingerprint density at radius 2 is 2.16 bits per heavy atom. The normalized spacial score (nSPS) is 17.0. The molecule has 0 saturated carbocycles.